The fourth-order valence-electron chi connectivity index (χ4n) is 3.24. The monoisotopic (exact) mass is 368 g/mol. The lowest BCUT2D eigenvalue weighted by atomic mass is 9.91. The number of amides is 1. The first-order valence-corrected chi connectivity index (χ1v) is 10.8. The molecule has 1 aromatic carbocycles. The van der Waals surface area contributed by atoms with Gasteiger partial charge in [-0.2, -0.15) is 0 Å². The lowest BCUT2D eigenvalue weighted by Crippen LogP contribution is -2.46. The van der Waals surface area contributed by atoms with E-state index in [1.807, 2.05) is 37.3 Å². The van der Waals surface area contributed by atoms with Crippen LogP contribution in [0.1, 0.15) is 38.2 Å². The Balaban J connectivity index is 1.65. The van der Waals surface area contributed by atoms with E-state index in [0.717, 1.165) is 31.2 Å². The zero-order chi connectivity index (χ0) is 18.3. The van der Waals surface area contributed by atoms with Crippen LogP contribution in [0.4, 0.5) is 4.79 Å². The van der Waals surface area contributed by atoms with Crippen molar-refractivity contribution in [3.05, 3.63) is 35.9 Å². The third-order valence-electron chi connectivity index (χ3n) is 4.33. The maximum atomic E-state index is 11.9. The molecule has 0 bridgehead atoms. The van der Waals surface area contributed by atoms with Crippen molar-refractivity contribution in [2.75, 3.05) is 12.0 Å². The number of alkyl carbamates (subject to hydrolysis) is 1. The van der Waals surface area contributed by atoms with Crippen LogP contribution in [0.5, 0.6) is 0 Å². The van der Waals surface area contributed by atoms with Crippen LogP contribution >= 0.6 is 0 Å². The van der Waals surface area contributed by atoms with Crippen LogP contribution in [0.3, 0.4) is 0 Å². The summed E-state index contributed by atoms with van der Waals surface area (Å²) in [6.07, 6.45) is 4.43. The van der Waals surface area contributed by atoms with Gasteiger partial charge in [0.2, 0.25) is 0 Å². The lowest BCUT2D eigenvalue weighted by Gasteiger charge is -2.31. The van der Waals surface area contributed by atoms with Gasteiger partial charge in [0.05, 0.1) is 5.75 Å². The number of sulfone groups is 1. The van der Waals surface area contributed by atoms with E-state index in [4.69, 9.17) is 4.74 Å². The minimum absolute atomic E-state index is 0.0552. The average Bonchev–Trinajstić information content (AvgIpc) is 2.54. The van der Waals surface area contributed by atoms with Crippen molar-refractivity contribution in [3.63, 3.8) is 0 Å². The minimum Gasteiger partial charge on any atom is -0.445 e. The smallest absolute Gasteiger partial charge is 0.407 e. The summed E-state index contributed by atoms with van der Waals surface area (Å²) in [5.41, 5.74) is 0.963. The van der Waals surface area contributed by atoms with E-state index in [2.05, 4.69) is 10.6 Å². The molecule has 1 saturated carbocycles. The number of ether oxygens (including phenoxy) is 1. The highest BCUT2D eigenvalue weighted by Crippen LogP contribution is 2.19. The molecule has 0 aromatic heterocycles. The molecule has 7 heteroatoms. The molecule has 6 nitrogen and oxygen atoms in total. The van der Waals surface area contributed by atoms with E-state index >= 15 is 0 Å². The van der Waals surface area contributed by atoms with E-state index < -0.39 is 9.84 Å². The maximum absolute atomic E-state index is 11.9. The van der Waals surface area contributed by atoms with Crippen molar-refractivity contribution in [2.24, 2.45) is 0 Å². The summed E-state index contributed by atoms with van der Waals surface area (Å²) >= 11 is 0. The molecule has 2 rings (SSSR count). The molecule has 140 valence electrons. The van der Waals surface area contributed by atoms with Crippen LogP contribution in [0, 0.1) is 0 Å². The Morgan fingerprint density at radius 1 is 1.16 bits per heavy atom. The van der Waals surface area contributed by atoms with Crippen LogP contribution in [-0.4, -0.2) is 44.6 Å². The van der Waals surface area contributed by atoms with Crippen LogP contribution in [-0.2, 0) is 21.2 Å². The van der Waals surface area contributed by atoms with Gasteiger partial charge in [-0.15, -0.1) is 0 Å². The molecule has 1 aliphatic rings. The van der Waals surface area contributed by atoms with Crippen molar-refractivity contribution in [1.82, 2.24) is 10.6 Å². The Labute approximate surface area is 150 Å². The van der Waals surface area contributed by atoms with E-state index in [1.54, 1.807) is 0 Å². The summed E-state index contributed by atoms with van der Waals surface area (Å²) in [5, 5.41) is 6.29. The van der Waals surface area contributed by atoms with Crippen molar-refractivity contribution in [1.29, 1.82) is 0 Å². The van der Waals surface area contributed by atoms with Crippen LogP contribution in [0.25, 0.3) is 0 Å². The molecule has 1 aromatic rings. The average molecular weight is 368 g/mol. The van der Waals surface area contributed by atoms with Gasteiger partial charge in [0.1, 0.15) is 16.4 Å². The highest BCUT2D eigenvalue weighted by atomic mass is 32.2. The standard InChI is InChI=1S/C18H28N2O4S/c1-14(13-25(2,22)23)19-16-8-10-17(11-9-16)20-18(21)24-12-15-6-4-3-5-7-15/h3-7,14,16-17,19H,8-13H2,1-2H3,(H,20,21)/t14-,16?,17?/m1/s1. The normalized spacial score (nSPS) is 22.2. The highest BCUT2D eigenvalue weighted by molar-refractivity contribution is 7.90. The molecule has 25 heavy (non-hydrogen) atoms. The first-order valence-electron chi connectivity index (χ1n) is 8.73. The second-order valence-corrected chi connectivity index (χ2v) is 9.10. The number of hydrogen-bond donors (Lipinski definition) is 2. The second-order valence-electron chi connectivity index (χ2n) is 6.91. The third kappa shape index (κ3) is 7.88. The largest absolute Gasteiger partial charge is 0.445 e. The molecule has 0 radical (unpaired) electrons. The predicted octanol–water partition coefficient (Wildman–Crippen LogP) is 2.25. The van der Waals surface area contributed by atoms with Crippen molar-refractivity contribution in [3.8, 4) is 0 Å². The van der Waals surface area contributed by atoms with E-state index in [9.17, 15) is 13.2 Å². The Kier molecular flexibility index (Phi) is 7.25. The first-order chi connectivity index (χ1) is 11.8. The number of nitrogens with one attached hydrogen (secondary N) is 2. The molecular formula is C18H28N2O4S. The van der Waals surface area contributed by atoms with Gasteiger partial charge in [-0.05, 0) is 38.2 Å². The predicted molar refractivity (Wildman–Crippen MR) is 98.1 cm³/mol. The van der Waals surface area contributed by atoms with E-state index in [-0.39, 0.29) is 30.5 Å². The fourth-order valence-corrected chi connectivity index (χ4v) is 4.24. The van der Waals surface area contributed by atoms with Gasteiger partial charge >= 0.3 is 6.09 Å². The Bertz CT molecular complexity index is 640. The minimum atomic E-state index is -2.97. The summed E-state index contributed by atoms with van der Waals surface area (Å²) in [5.74, 6) is 0.150. The summed E-state index contributed by atoms with van der Waals surface area (Å²) in [6.45, 7) is 2.17. The Morgan fingerprint density at radius 2 is 1.76 bits per heavy atom. The molecule has 1 fully saturated rings. The van der Waals surface area contributed by atoms with Gasteiger partial charge < -0.3 is 15.4 Å². The molecule has 1 amide bonds. The summed E-state index contributed by atoms with van der Waals surface area (Å²) in [6, 6.07) is 9.95. The number of carbonyl (C=O) groups excluding carboxylic acids is 1. The molecule has 0 unspecified atom stereocenters. The van der Waals surface area contributed by atoms with Gasteiger partial charge in [0.25, 0.3) is 0 Å². The van der Waals surface area contributed by atoms with E-state index in [1.165, 1.54) is 6.26 Å². The summed E-state index contributed by atoms with van der Waals surface area (Å²) < 4.78 is 27.9. The molecule has 0 saturated heterocycles. The highest BCUT2D eigenvalue weighted by Gasteiger charge is 2.24. The van der Waals surface area contributed by atoms with Gasteiger partial charge in [-0.1, -0.05) is 30.3 Å². The molecular weight excluding hydrogens is 340 g/mol. The molecule has 2 N–H and O–H groups in total. The molecule has 1 aliphatic carbocycles. The van der Waals surface area contributed by atoms with Crippen molar-refractivity contribution < 1.29 is 17.9 Å². The summed E-state index contributed by atoms with van der Waals surface area (Å²) in [7, 11) is -2.97. The molecule has 0 aliphatic heterocycles. The van der Waals surface area contributed by atoms with Gasteiger partial charge in [-0.25, -0.2) is 13.2 Å². The molecule has 0 heterocycles. The zero-order valence-corrected chi connectivity index (χ0v) is 15.7. The summed E-state index contributed by atoms with van der Waals surface area (Å²) in [4.78, 5) is 11.9. The number of hydrogen-bond acceptors (Lipinski definition) is 5. The van der Waals surface area contributed by atoms with Gasteiger partial charge in [0, 0.05) is 24.4 Å². The lowest BCUT2D eigenvalue weighted by molar-refractivity contribution is 0.131. The van der Waals surface area contributed by atoms with Gasteiger partial charge in [-0.3, -0.25) is 0 Å². The second kappa shape index (κ2) is 9.20. The van der Waals surface area contributed by atoms with Crippen molar-refractivity contribution >= 4 is 15.9 Å². The Hall–Kier alpha value is -1.60. The third-order valence-corrected chi connectivity index (χ3v) is 5.44. The number of carbonyl (C=O) groups is 1. The zero-order valence-electron chi connectivity index (χ0n) is 14.9. The number of benzene rings is 1. The van der Waals surface area contributed by atoms with Crippen LogP contribution in [0.2, 0.25) is 0 Å². The Morgan fingerprint density at radius 3 is 2.36 bits per heavy atom. The molecule has 1 atom stereocenters. The maximum Gasteiger partial charge on any atom is 0.407 e. The topological polar surface area (TPSA) is 84.5 Å². The first kappa shape index (κ1) is 19.7. The van der Waals surface area contributed by atoms with Crippen molar-refractivity contribution in [2.45, 2.75) is 57.3 Å². The SMILES string of the molecule is C[C@H](CS(C)(=O)=O)NC1CCC(NC(=O)OCc2ccccc2)CC1. The van der Waals surface area contributed by atoms with Crippen LogP contribution < -0.4 is 10.6 Å². The van der Waals surface area contributed by atoms with Gasteiger partial charge in [0.15, 0.2) is 0 Å². The quantitative estimate of drug-likeness (QED) is 0.771. The number of rotatable bonds is 7. The fraction of sp³-hybridized carbons (Fsp3) is 0.611. The molecule has 0 spiro atoms. The van der Waals surface area contributed by atoms with Crippen LogP contribution in [0.15, 0.2) is 30.3 Å². The van der Waals surface area contributed by atoms with E-state index in [0.29, 0.717) is 6.04 Å².